The Labute approximate surface area is 142 Å². The van der Waals surface area contributed by atoms with Gasteiger partial charge in [-0.3, -0.25) is 9.59 Å². The molecule has 1 N–H and O–H groups in total. The van der Waals surface area contributed by atoms with E-state index in [4.69, 9.17) is 9.47 Å². The number of hydrogen-bond donors (Lipinski definition) is 1. The highest BCUT2D eigenvalue weighted by Gasteiger charge is 2.38. The second kappa shape index (κ2) is 8.01. The van der Waals surface area contributed by atoms with Crippen molar-refractivity contribution in [2.75, 3.05) is 52.8 Å². The zero-order valence-electron chi connectivity index (χ0n) is 14.7. The van der Waals surface area contributed by atoms with Crippen molar-refractivity contribution in [1.82, 2.24) is 10.2 Å². The molecule has 132 valence electrons. The first kappa shape index (κ1) is 18.1. The molecular weight excluding hydrogens is 310 g/mol. The Morgan fingerprint density at radius 1 is 1.33 bits per heavy atom. The van der Waals surface area contributed by atoms with Crippen LogP contribution in [0.1, 0.15) is 6.42 Å². The van der Waals surface area contributed by atoms with Crippen molar-refractivity contribution < 1.29 is 19.1 Å². The first-order chi connectivity index (χ1) is 11.5. The maximum absolute atomic E-state index is 12.7. The van der Waals surface area contributed by atoms with Gasteiger partial charge in [-0.25, -0.2) is 0 Å². The van der Waals surface area contributed by atoms with Crippen LogP contribution in [0.4, 0.5) is 5.69 Å². The highest BCUT2D eigenvalue weighted by Crippen LogP contribution is 2.36. The van der Waals surface area contributed by atoms with Gasteiger partial charge in [-0.15, -0.1) is 0 Å². The topological polar surface area (TPSA) is 71.1 Å². The summed E-state index contributed by atoms with van der Waals surface area (Å²) in [6.07, 6.45) is 0.493. The number of rotatable bonds is 7. The molecule has 0 radical (unpaired) electrons. The van der Waals surface area contributed by atoms with Crippen molar-refractivity contribution in [3.8, 4) is 11.5 Å². The van der Waals surface area contributed by atoms with Crippen LogP contribution in [0.2, 0.25) is 0 Å². The largest absolute Gasteiger partial charge is 0.497 e. The number of ether oxygens (including phenoxy) is 2. The van der Waals surface area contributed by atoms with Crippen LogP contribution < -0.4 is 19.7 Å². The molecule has 2 amide bonds. The monoisotopic (exact) mass is 335 g/mol. The van der Waals surface area contributed by atoms with Gasteiger partial charge < -0.3 is 24.6 Å². The van der Waals surface area contributed by atoms with Crippen molar-refractivity contribution in [2.24, 2.45) is 5.92 Å². The normalized spacial score (nSPS) is 17.3. The quantitative estimate of drug-likeness (QED) is 0.744. The van der Waals surface area contributed by atoms with E-state index in [1.807, 2.05) is 19.0 Å². The summed E-state index contributed by atoms with van der Waals surface area (Å²) >= 11 is 0. The fourth-order valence-corrected chi connectivity index (χ4v) is 2.70. The summed E-state index contributed by atoms with van der Waals surface area (Å²) in [6, 6.07) is 5.28. The number of nitrogens with zero attached hydrogens (tertiary/aromatic N) is 2. The summed E-state index contributed by atoms with van der Waals surface area (Å²) in [5.74, 6) is 0.147. The Morgan fingerprint density at radius 3 is 2.71 bits per heavy atom. The van der Waals surface area contributed by atoms with E-state index in [0.29, 0.717) is 36.7 Å². The van der Waals surface area contributed by atoms with Crippen LogP contribution in [0, 0.1) is 5.92 Å². The lowest BCUT2D eigenvalue weighted by Gasteiger charge is -2.20. The molecule has 7 heteroatoms. The molecule has 1 aliphatic rings. The van der Waals surface area contributed by atoms with Crippen LogP contribution in [0.5, 0.6) is 11.5 Å². The summed E-state index contributed by atoms with van der Waals surface area (Å²) in [4.78, 5) is 28.5. The van der Waals surface area contributed by atoms with Gasteiger partial charge in [-0.1, -0.05) is 0 Å². The second-order valence-corrected chi connectivity index (χ2v) is 5.96. The first-order valence-corrected chi connectivity index (χ1v) is 7.93. The molecule has 0 spiro atoms. The SMILES string of the molecule is COc1ccc(OC)c(N2CCC(C(=O)NCCN(C)C)C2=O)c1. The molecule has 7 nitrogen and oxygen atoms in total. The lowest BCUT2D eigenvalue weighted by Crippen LogP contribution is -2.39. The highest BCUT2D eigenvalue weighted by molar-refractivity contribution is 6.10. The molecule has 1 atom stereocenters. The van der Waals surface area contributed by atoms with E-state index in [1.165, 1.54) is 0 Å². The minimum absolute atomic E-state index is 0.205. The number of hydrogen-bond acceptors (Lipinski definition) is 5. The fourth-order valence-electron chi connectivity index (χ4n) is 2.70. The minimum Gasteiger partial charge on any atom is -0.497 e. The second-order valence-electron chi connectivity index (χ2n) is 5.96. The predicted octanol–water partition coefficient (Wildman–Crippen LogP) is 0.735. The van der Waals surface area contributed by atoms with Gasteiger partial charge in [0.2, 0.25) is 11.8 Å². The van der Waals surface area contributed by atoms with Crippen LogP contribution in [-0.2, 0) is 9.59 Å². The van der Waals surface area contributed by atoms with Crippen LogP contribution in [0.3, 0.4) is 0 Å². The molecule has 0 aromatic heterocycles. The molecule has 2 rings (SSSR count). The molecule has 1 fully saturated rings. The fraction of sp³-hybridized carbons (Fsp3) is 0.529. The number of likely N-dealkylation sites (N-methyl/N-ethyl adjacent to an activating group) is 1. The first-order valence-electron chi connectivity index (χ1n) is 7.93. The molecule has 1 aliphatic heterocycles. The van der Waals surface area contributed by atoms with Crippen LogP contribution >= 0.6 is 0 Å². The molecule has 1 aromatic carbocycles. The Kier molecular flexibility index (Phi) is 6.03. The Morgan fingerprint density at radius 2 is 2.08 bits per heavy atom. The number of nitrogens with one attached hydrogen (secondary N) is 1. The van der Waals surface area contributed by atoms with Crippen molar-refractivity contribution in [3.05, 3.63) is 18.2 Å². The Hall–Kier alpha value is -2.28. The van der Waals surface area contributed by atoms with E-state index in [2.05, 4.69) is 5.32 Å². The number of amides is 2. The number of methoxy groups -OCH3 is 2. The number of benzene rings is 1. The molecule has 24 heavy (non-hydrogen) atoms. The molecule has 0 bridgehead atoms. The van der Waals surface area contributed by atoms with Gasteiger partial charge in [0.25, 0.3) is 0 Å². The molecule has 1 saturated heterocycles. The summed E-state index contributed by atoms with van der Waals surface area (Å²) in [7, 11) is 6.99. The Balaban J connectivity index is 2.10. The number of anilines is 1. The van der Waals surface area contributed by atoms with Gasteiger partial charge in [-0.05, 0) is 32.6 Å². The van der Waals surface area contributed by atoms with Crippen LogP contribution in [-0.4, -0.2) is 64.7 Å². The van der Waals surface area contributed by atoms with E-state index in [-0.39, 0.29) is 11.8 Å². The summed E-state index contributed by atoms with van der Waals surface area (Å²) in [5.41, 5.74) is 0.630. The van der Waals surface area contributed by atoms with Gasteiger partial charge in [0.05, 0.1) is 19.9 Å². The predicted molar refractivity (Wildman–Crippen MR) is 91.6 cm³/mol. The van der Waals surface area contributed by atoms with Crippen molar-refractivity contribution in [2.45, 2.75) is 6.42 Å². The number of carbonyl (C=O) groups excluding carboxylic acids is 2. The van der Waals surface area contributed by atoms with Gasteiger partial charge in [0.1, 0.15) is 17.4 Å². The minimum atomic E-state index is -0.650. The van der Waals surface area contributed by atoms with Crippen LogP contribution in [0.15, 0.2) is 18.2 Å². The average Bonchev–Trinajstić information content (AvgIpc) is 2.95. The van der Waals surface area contributed by atoms with Crippen LogP contribution in [0.25, 0.3) is 0 Å². The van der Waals surface area contributed by atoms with E-state index < -0.39 is 5.92 Å². The lowest BCUT2D eigenvalue weighted by atomic mass is 10.1. The summed E-state index contributed by atoms with van der Waals surface area (Å²) in [6.45, 7) is 1.74. The van der Waals surface area contributed by atoms with E-state index in [1.54, 1.807) is 37.3 Å². The van der Waals surface area contributed by atoms with Crippen molar-refractivity contribution in [1.29, 1.82) is 0 Å². The highest BCUT2D eigenvalue weighted by atomic mass is 16.5. The zero-order chi connectivity index (χ0) is 17.7. The number of carbonyl (C=O) groups is 2. The third kappa shape index (κ3) is 3.97. The van der Waals surface area contributed by atoms with Crippen molar-refractivity contribution >= 4 is 17.5 Å². The Bertz CT molecular complexity index is 603. The average molecular weight is 335 g/mol. The van der Waals surface area contributed by atoms with Gasteiger partial charge in [-0.2, -0.15) is 0 Å². The molecule has 0 aliphatic carbocycles. The third-order valence-electron chi connectivity index (χ3n) is 4.06. The summed E-state index contributed by atoms with van der Waals surface area (Å²) in [5, 5.41) is 2.83. The molecule has 1 aromatic rings. The zero-order valence-corrected chi connectivity index (χ0v) is 14.7. The maximum Gasteiger partial charge on any atom is 0.239 e. The van der Waals surface area contributed by atoms with Gasteiger partial charge >= 0.3 is 0 Å². The van der Waals surface area contributed by atoms with E-state index in [0.717, 1.165) is 6.54 Å². The molecular formula is C17H25N3O4. The van der Waals surface area contributed by atoms with Crippen molar-refractivity contribution in [3.63, 3.8) is 0 Å². The molecule has 0 saturated carbocycles. The molecule has 1 unspecified atom stereocenters. The van der Waals surface area contributed by atoms with Gasteiger partial charge in [0.15, 0.2) is 0 Å². The van der Waals surface area contributed by atoms with E-state index >= 15 is 0 Å². The van der Waals surface area contributed by atoms with E-state index in [9.17, 15) is 9.59 Å². The standard InChI is InChI=1S/C17H25N3O4/c1-19(2)10-8-18-16(21)13-7-9-20(17(13)22)14-11-12(23-3)5-6-15(14)24-4/h5-6,11,13H,7-10H2,1-4H3,(H,18,21). The molecule has 1 heterocycles. The maximum atomic E-state index is 12.7. The third-order valence-corrected chi connectivity index (χ3v) is 4.06. The lowest BCUT2D eigenvalue weighted by molar-refractivity contribution is -0.132. The smallest absolute Gasteiger partial charge is 0.239 e. The van der Waals surface area contributed by atoms with Gasteiger partial charge in [0, 0.05) is 25.7 Å². The summed E-state index contributed by atoms with van der Waals surface area (Å²) < 4.78 is 10.6.